The fraction of sp³-hybridized carbons (Fsp3) is 0.923. The minimum atomic E-state index is -3.38. The Labute approximate surface area is 114 Å². The summed E-state index contributed by atoms with van der Waals surface area (Å²) in [7, 11) is -3.38. The van der Waals surface area contributed by atoms with Crippen LogP contribution >= 0.6 is 0 Å². The molecule has 0 amide bonds. The molecule has 2 saturated carbocycles. The van der Waals surface area contributed by atoms with Gasteiger partial charge in [0, 0.05) is 5.54 Å². The highest BCUT2D eigenvalue weighted by Crippen LogP contribution is 2.35. The Morgan fingerprint density at radius 2 is 1.68 bits per heavy atom. The van der Waals surface area contributed by atoms with Gasteiger partial charge in [0.25, 0.3) is 0 Å². The lowest BCUT2D eigenvalue weighted by Gasteiger charge is -2.32. The molecule has 0 atom stereocenters. The molecular formula is C13H23NO4S. The molecule has 0 aliphatic heterocycles. The van der Waals surface area contributed by atoms with Gasteiger partial charge in [-0.05, 0) is 25.7 Å². The van der Waals surface area contributed by atoms with Crippen molar-refractivity contribution in [2.24, 2.45) is 0 Å². The molecule has 0 unspecified atom stereocenters. The van der Waals surface area contributed by atoms with Crippen LogP contribution in [-0.2, 0) is 14.8 Å². The first kappa shape index (κ1) is 14.8. The van der Waals surface area contributed by atoms with E-state index in [1.54, 1.807) is 0 Å². The van der Waals surface area contributed by atoms with Gasteiger partial charge in [0.05, 0.1) is 11.7 Å². The summed E-state index contributed by atoms with van der Waals surface area (Å²) in [5.74, 6) is -0.923. The summed E-state index contributed by atoms with van der Waals surface area (Å²) in [4.78, 5) is 11.0. The van der Waals surface area contributed by atoms with Crippen molar-refractivity contribution in [2.45, 2.75) is 75.0 Å². The minimum Gasteiger partial charge on any atom is -0.481 e. The van der Waals surface area contributed by atoms with E-state index in [9.17, 15) is 13.2 Å². The average Bonchev–Trinajstić information content (AvgIpc) is 2.76. The Morgan fingerprint density at radius 3 is 2.21 bits per heavy atom. The van der Waals surface area contributed by atoms with Crippen LogP contribution in [0.5, 0.6) is 0 Å². The normalized spacial score (nSPS) is 24.4. The van der Waals surface area contributed by atoms with Gasteiger partial charge < -0.3 is 5.11 Å². The molecule has 19 heavy (non-hydrogen) atoms. The van der Waals surface area contributed by atoms with E-state index in [-0.39, 0.29) is 11.7 Å². The molecule has 0 saturated heterocycles. The third-order valence-corrected chi connectivity index (χ3v) is 6.47. The van der Waals surface area contributed by atoms with Crippen LogP contribution in [0.25, 0.3) is 0 Å². The van der Waals surface area contributed by atoms with E-state index in [4.69, 9.17) is 5.11 Å². The second-order valence-electron chi connectivity index (χ2n) is 5.97. The Kier molecular flexibility index (Phi) is 4.50. The maximum absolute atomic E-state index is 12.4. The van der Waals surface area contributed by atoms with Crippen LogP contribution in [0.3, 0.4) is 0 Å². The molecule has 2 rings (SSSR count). The van der Waals surface area contributed by atoms with Gasteiger partial charge in [0.1, 0.15) is 0 Å². The predicted molar refractivity (Wildman–Crippen MR) is 72.4 cm³/mol. The van der Waals surface area contributed by atoms with Crippen molar-refractivity contribution in [1.82, 2.24) is 4.72 Å². The number of carbonyl (C=O) groups is 1. The van der Waals surface area contributed by atoms with Crippen molar-refractivity contribution >= 4 is 16.0 Å². The number of rotatable bonds is 5. The lowest BCUT2D eigenvalue weighted by molar-refractivity contribution is -0.138. The fourth-order valence-corrected chi connectivity index (χ4v) is 5.42. The quantitative estimate of drug-likeness (QED) is 0.811. The summed E-state index contributed by atoms with van der Waals surface area (Å²) in [6.07, 6.45) is 7.43. The van der Waals surface area contributed by atoms with Crippen molar-refractivity contribution in [2.75, 3.05) is 0 Å². The fourth-order valence-electron chi connectivity index (χ4n) is 3.42. The monoisotopic (exact) mass is 289 g/mol. The highest BCUT2D eigenvalue weighted by Gasteiger charge is 2.41. The SMILES string of the molecule is O=C(O)CC1(NS(=O)(=O)C2CCCCC2)CCCC1. The number of hydrogen-bond donors (Lipinski definition) is 2. The highest BCUT2D eigenvalue weighted by molar-refractivity contribution is 7.90. The summed E-state index contributed by atoms with van der Waals surface area (Å²) in [5, 5.41) is 8.69. The third kappa shape index (κ3) is 3.69. The Balaban J connectivity index is 2.09. The molecule has 0 spiro atoms. The Hall–Kier alpha value is -0.620. The third-order valence-electron chi connectivity index (χ3n) is 4.40. The van der Waals surface area contributed by atoms with Crippen LogP contribution in [-0.4, -0.2) is 30.3 Å². The number of nitrogens with one attached hydrogen (secondary N) is 1. The maximum atomic E-state index is 12.4. The lowest BCUT2D eigenvalue weighted by atomic mass is 9.95. The van der Waals surface area contributed by atoms with Crippen molar-refractivity contribution < 1.29 is 18.3 Å². The molecule has 2 aliphatic rings. The number of aliphatic carboxylic acids is 1. The molecule has 0 aromatic carbocycles. The molecule has 2 aliphatic carbocycles. The molecule has 0 aromatic rings. The molecule has 2 N–H and O–H groups in total. The van der Waals surface area contributed by atoms with Crippen molar-refractivity contribution in [1.29, 1.82) is 0 Å². The molecule has 0 bridgehead atoms. The van der Waals surface area contributed by atoms with Gasteiger partial charge in [-0.3, -0.25) is 4.79 Å². The maximum Gasteiger partial charge on any atom is 0.305 e. The van der Waals surface area contributed by atoms with Crippen LogP contribution in [0, 0.1) is 0 Å². The van der Waals surface area contributed by atoms with Crippen LogP contribution in [0.1, 0.15) is 64.2 Å². The van der Waals surface area contributed by atoms with E-state index < -0.39 is 21.5 Å². The van der Waals surface area contributed by atoms with Gasteiger partial charge in [0.2, 0.25) is 10.0 Å². The molecule has 2 fully saturated rings. The second-order valence-corrected chi connectivity index (χ2v) is 7.93. The first-order chi connectivity index (χ1) is 8.94. The van der Waals surface area contributed by atoms with E-state index in [0.717, 1.165) is 32.1 Å². The largest absolute Gasteiger partial charge is 0.481 e. The first-order valence-electron chi connectivity index (χ1n) is 7.18. The molecule has 110 valence electrons. The Bertz CT molecular complexity index is 420. The molecule has 0 aromatic heterocycles. The summed E-state index contributed by atoms with van der Waals surface area (Å²) in [5.41, 5.74) is -0.734. The number of hydrogen-bond acceptors (Lipinski definition) is 3. The van der Waals surface area contributed by atoms with Crippen molar-refractivity contribution in [3.8, 4) is 0 Å². The number of carboxylic acids is 1. The molecule has 0 heterocycles. The molecule has 5 nitrogen and oxygen atoms in total. The topological polar surface area (TPSA) is 83.5 Å². The van der Waals surface area contributed by atoms with Gasteiger partial charge in [-0.25, -0.2) is 13.1 Å². The lowest BCUT2D eigenvalue weighted by Crippen LogP contribution is -2.51. The van der Waals surface area contributed by atoms with Crippen LogP contribution in [0.4, 0.5) is 0 Å². The average molecular weight is 289 g/mol. The first-order valence-corrected chi connectivity index (χ1v) is 8.73. The second kappa shape index (κ2) is 5.79. The summed E-state index contributed by atoms with van der Waals surface area (Å²) in [6, 6.07) is 0. The van der Waals surface area contributed by atoms with Gasteiger partial charge >= 0.3 is 5.97 Å². The van der Waals surface area contributed by atoms with Crippen molar-refractivity contribution in [3.63, 3.8) is 0 Å². The van der Waals surface area contributed by atoms with Crippen LogP contribution < -0.4 is 4.72 Å². The zero-order valence-corrected chi connectivity index (χ0v) is 12.0. The zero-order chi connectivity index (χ0) is 13.9. The molecular weight excluding hydrogens is 266 g/mol. The minimum absolute atomic E-state index is 0.0983. The van der Waals surface area contributed by atoms with Crippen LogP contribution in [0.15, 0.2) is 0 Å². The standard InChI is InChI=1S/C13H23NO4S/c15-12(16)10-13(8-4-5-9-13)14-19(17,18)11-6-2-1-3-7-11/h11,14H,1-10H2,(H,15,16). The summed E-state index contributed by atoms with van der Waals surface area (Å²) in [6.45, 7) is 0. The summed E-state index contributed by atoms with van der Waals surface area (Å²) < 4.78 is 27.6. The van der Waals surface area contributed by atoms with E-state index >= 15 is 0 Å². The van der Waals surface area contributed by atoms with Crippen molar-refractivity contribution in [3.05, 3.63) is 0 Å². The van der Waals surface area contributed by atoms with Crippen LogP contribution in [0.2, 0.25) is 0 Å². The molecule has 6 heteroatoms. The van der Waals surface area contributed by atoms with Gasteiger partial charge in [-0.1, -0.05) is 32.1 Å². The van der Waals surface area contributed by atoms with Gasteiger partial charge in [-0.2, -0.15) is 0 Å². The van der Waals surface area contributed by atoms with E-state index in [2.05, 4.69) is 4.72 Å². The Morgan fingerprint density at radius 1 is 1.11 bits per heavy atom. The smallest absolute Gasteiger partial charge is 0.305 e. The van der Waals surface area contributed by atoms with Gasteiger partial charge in [-0.15, -0.1) is 0 Å². The number of carboxylic acid groups (broad SMARTS) is 1. The van der Waals surface area contributed by atoms with E-state index in [0.29, 0.717) is 25.7 Å². The highest BCUT2D eigenvalue weighted by atomic mass is 32.2. The predicted octanol–water partition coefficient (Wildman–Crippen LogP) is 2.03. The van der Waals surface area contributed by atoms with Gasteiger partial charge in [0.15, 0.2) is 0 Å². The van der Waals surface area contributed by atoms with E-state index in [1.807, 2.05) is 0 Å². The number of sulfonamides is 1. The summed E-state index contributed by atoms with van der Waals surface area (Å²) >= 11 is 0. The van der Waals surface area contributed by atoms with E-state index in [1.165, 1.54) is 0 Å². The molecule has 0 radical (unpaired) electrons. The zero-order valence-electron chi connectivity index (χ0n) is 11.2.